The van der Waals surface area contributed by atoms with Gasteiger partial charge in [-0.15, -0.1) is 0 Å². The molecular formula is C14H27N3O. The molecule has 18 heavy (non-hydrogen) atoms. The quantitative estimate of drug-likeness (QED) is 0.767. The third-order valence-corrected chi connectivity index (χ3v) is 4.30. The standard InChI is InChI=1S/C14H27N3O/c1-11(10-17-7-2-3-8-17)9-16-14(18)12-5-4-6-13(12)15/h11-13H,2-10,15H2,1H3,(H,16,18). The molecule has 1 aliphatic heterocycles. The number of carbonyl (C=O) groups excluding carboxylic acids is 1. The number of rotatable bonds is 5. The van der Waals surface area contributed by atoms with Gasteiger partial charge in [-0.2, -0.15) is 0 Å². The molecule has 104 valence electrons. The number of nitrogens with two attached hydrogens (primary N) is 1. The summed E-state index contributed by atoms with van der Waals surface area (Å²) < 4.78 is 0. The van der Waals surface area contributed by atoms with Crippen molar-refractivity contribution < 1.29 is 4.79 Å². The van der Waals surface area contributed by atoms with Gasteiger partial charge in [0.15, 0.2) is 0 Å². The molecule has 2 fully saturated rings. The van der Waals surface area contributed by atoms with Crippen molar-refractivity contribution in [2.45, 2.75) is 45.1 Å². The van der Waals surface area contributed by atoms with Gasteiger partial charge in [0.1, 0.15) is 0 Å². The minimum absolute atomic E-state index is 0.0592. The normalized spacial score (nSPS) is 30.6. The number of hydrogen-bond donors (Lipinski definition) is 2. The van der Waals surface area contributed by atoms with E-state index in [0.29, 0.717) is 5.92 Å². The van der Waals surface area contributed by atoms with E-state index in [4.69, 9.17) is 5.73 Å². The largest absolute Gasteiger partial charge is 0.355 e. The van der Waals surface area contributed by atoms with Gasteiger partial charge in [0.2, 0.25) is 5.91 Å². The number of nitrogens with one attached hydrogen (secondary N) is 1. The Morgan fingerprint density at radius 3 is 2.67 bits per heavy atom. The number of likely N-dealkylation sites (tertiary alicyclic amines) is 1. The van der Waals surface area contributed by atoms with Crippen LogP contribution in [0.15, 0.2) is 0 Å². The van der Waals surface area contributed by atoms with Crippen LogP contribution in [-0.2, 0) is 4.79 Å². The highest BCUT2D eigenvalue weighted by Gasteiger charge is 2.30. The number of nitrogens with zero attached hydrogens (tertiary/aromatic N) is 1. The van der Waals surface area contributed by atoms with Gasteiger partial charge in [-0.25, -0.2) is 0 Å². The average molecular weight is 253 g/mol. The molecule has 1 heterocycles. The molecule has 2 aliphatic rings. The van der Waals surface area contributed by atoms with Crippen molar-refractivity contribution in [3.63, 3.8) is 0 Å². The van der Waals surface area contributed by atoms with Gasteiger partial charge in [0, 0.05) is 19.1 Å². The Balaban J connectivity index is 1.65. The second kappa shape index (κ2) is 6.53. The second-order valence-electron chi connectivity index (χ2n) is 6.06. The summed E-state index contributed by atoms with van der Waals surface area (Å²) in [5.41, 5.74) is 5.95. The van der Waals surface area contributed by atoms with Crippen molar-refractivity contribution in [2.75, 3.05) is 26.2 Å². The Bertz CT molecular complexity index is 276. The van der Waals surface area contributed by atoms with E-state index in [-0.39, 0.29) is 17.9 Å². The van der Waals surface area contributed by atoms with Gasteiger partial charge >= 0.3 is 0 Å². The Kier molecular flexibility index (Phi) is 5.01. The highest BCUT2D eigenvalue weighted by molar-refractivity contribution is 5.79. The molecule has 0 bridgehead atoms. The van der Waals surface area contributed by atoms with Crippen LogP contribution in [0.3, 0.4) is 0 Å². The lowest BCUT2D eigenvalue weighted by Crippen LogP contribution is -2.41. The second-order valence-corrected chi connectivity index (χ2v) is 6.06. The zero-order chi connectivity index (χ0) is 13.0. The molecule has 1 amide bonds. The van der Waals surface area contributed by atoms with E-state index in [1.807, 2.05) is 0 Å². The summed E-state index contributed by atoms with van der Waals surface area (Å²) in [5, 5.41) is 3.08. The van der Waals surface area contributed by atoms with E-state index in [9.17, 15) is 4.79 Å². The van der Waals surface area contributed by atoms with Gasteiger partial charge in [0.25, 0.3) is 0 Å². The highest BCUT2D eigenvalue weighted by atomic mass is 16.1. The molecule has 0 radical (unpaired) electrons. The van der Waals surface area contributed by atoms with Crippen molar-refractivity contribution in [3.05, 3.63) is 0 Å². The molecule has 0 aromatic rings. The number of hydrogen-bond acceptors (Lipinski definition) is 3. The van der Waals surface area contributed by atoms with Crippen LogP contribution >= 0.6 is 0 Å². The van der Waals surface area contributed by atoms with Crippen LogP contribution in [0, 0.1) is 11.8 Å². The topological polar surface area (TPSA) is 58.4 Å². The molecule has 1 aliphatic carbocycles. The van der Waals surface area contributed by atoms with Crippen molar-refractivity contribution in [3.8, 4) is 0 Å². The van der Waals surface area contributed by atoms with Crippen molar-refractivity contribution in [1.29, 1.82) is 0 Å². The third-order valence-electron chi connectivity index (χ3n) is 4.30. The lowest BCUT2D eigenvalue weighted by atomic mass is 10.0. The van der Waals surface area contributed by atoms with E-state index in [0.717, 1.165) is 32.4 Å². The first-order valence-corrected chi connectivity index (χ1v) is 7.42. The molecule has 4 nitrogen and oxygen atoms in total. The summed E-state index contributed by atoms with van der Waals surface area (Å²) in [6.07, 6.45) is 5.73. The number of carbonyl (C=O) groups is 1. The van der Waals surface area contributed by atoms with Crippen LogP contribution in [0.25, 0.3) is 0 Å². The Labute approximate surface area is 110 Å². The van der Waals surface area contributed by atoms with E-state index >= 15 is 0 Å². The van der Waals surface area contributed by atoms with E-state index in [1.54, 1.807) is 0 Å². The molecule has 2 rings (SSSR count). The van der Waals surface area contributed by atoms with Gasteiger partial charge in [-0.3, -0.25) is 4.79 Å². The Hall–Kier alpha value is -0.610. The average Bonchev–Trinajstić information content (AvgIpc) is 2.97. The Morgan fingerprint density at radius 1 is 1.33 bits per heavy atom. The monoisotopic (exact) mass is 253 g/mol. The highest BCUT2D eigenvalue weighted by Crippen LogP contribution is 2.23. The van der Waals surface area contributed by atoms with Crippen LogP contribution in [0.4, 0.5) is 0 Å². The van der Waals surface area contributed by atoms with Crippen LogP contribution in [0.2, 0.25) is 0 Å². The van der Waals surface area contributed by atoms with E-state index in [2.05, 4.69) is 17.1 Å². The maximum absolute atomic E-state index is 12.0. The molecular weight excluding hydrogens is 226 g/mol. The third kappa shape index (κ3) is 3.69. The van der Waals surface area contributed by atoms with Crippen molar-refractivity contribution in [2.24, 2.45) is 17.6 Å². The van der Waals surface area contributed by atoms with Crippen LogP contribution in [0.5, 0.6) is 0 Å². The molecule has 3 N–H and O–H groups in total. The lowest BCUT2D eigenvalue weighted by molar-refractivity contribution is -0.125. The molecule has 0 spiro atoms. The summed E-state index contributed by atoms with van der Waals surface area (Å²) in [4.78, 5) is 14.5. The smallest absolute Gasteiger partial charge is 0.224 e. The fourth-order valence-electron chi connectivity index (χ4n) is 3.19. The van der Waals surface area contributed by atoms with E-state index < -0.39 is 0 Å². The first kappa shape index (κ1) is 13.8. The van der Waals surface area contributed by atoms with Crippen LogP contribution in [0.1, 0.15) is 39.0 Å². The summed E-state index contributed by atoms with van der Waals surface area (Å²) in [7, 11) is 0. The summed E-state index contributed by atoms with van der Waals surface area (Å²) in [6.45, 7) is 6.57. The maximum Gasteiger partial charge on any atom is 0.224 e. The molecule has 4 heteroatoms. The fourth-order valence-corrected chi connectivity index (χ4v) is 3.19. The molecule has 1 saturated carbocycles. The van der Waals surface area contributed by atoms with Crippen molar-refractivity contribution >= 4 is 5.91 Å². The first-order valence-electron chi connectivity index (χ1n) is 7.42. The van der Waals surface area contributed by atoms with Gasteiger partial charge in [-0.05, 0) is 44.7 Å². The maximum atomic E-state index is 12.0. The minimum Gasteiger partial charge on any atom is -0.355 e. The molecule has 3 unspecified atom stereocenters. The predicted octanol–water partition coefficient (Wildman–Crippen LogP) is 0.962. The Morgan fingerprint density at radius 2 is 2.06 bits per heavy atom. The molecule has 0 aromatic heterocycles. The summed E-state index contributed by atoms with van der Waals surface area (Å²) >= 11 is 0. The lowest BCUT2D eigenvalue weighted by Gasteiger charge is -2.22. The van der Waals surface area contributed by atoms with Gasteiger partial charge in [0.05, 0.1) is 5.92 Å². The minimum atomic E-state index is 0.0592. The molecule has 0 aromatic carbocycles. The SMILES string of the molecule is CC(CNC(=O)C1CCCC1N)CN1CCCC1. The predicted molar refractivity (Wildman–Crippen MR) is 73.2 cm³/mol. The molecule has 3 atom stereocenters. The summed E-state index contributed by atoms with van der Waals surface area (Å²) in [5.74, 6) is 0.766. The van der Waals surface area contributed by atoms with Gasteiger partial charge in [-0.1, -0.05) is 13.3 Å². The summed E-state index contributed by atoms with van der Waals surface area (Å²) in [6, 6.07) is 0.0823. The van der Waals surface area contributed by atoms with E-state index in [1.165, 1.54) is 25.9 Å². The first-order chi connectivity index (χ1) is 8.66. The number of amides is 1. The zero-order valence-electron chi connectivity index (χ0n) is 11.5. The fraction of sp³-hybridized carbons (Fsp3) is 0.929. The van der Waals surface area contributed by atoms with Gasteiger partial charge < -0.3 is 16.0 Å². The zero-order valence-corrected chi connectivity index (χ0v) is 11.5. The van der Waals surface area contributed by atoms with Crippen molar-refractivity contribution in [1.82, 2.24) is 10.2 Å². The van der Waals surface area contributed by atoms with Crippen LogP contribution < -0.4 is 11.1 Å². The molecule has 1 saturated heterocycles. The van der Waals surface area contributed by atoms with Crippen LogP contribution in [-0.4, -0.2) is 43.0 Å².